The second-order valence-electron chi connectivity index (χ2n) is 7.19. The Morgan fingerprint density at radius 3 is 2.21 bits per heavy atom. The van der Waals surface area contributed by atoms with Crippen LogP contribution < -0.4 is 9.47 Å². The van der Waals surface area contributed by atoms with Crippen molar-refractivity contribution in [3.63, 3.8) is 0 Å². The van der Waals surface area contributed by atoms with E-state index in [1.54, 1.807) is 14.2 Å². The molecule has 1 atom stereocenters. The number of rotatable bonds is 6. The van der Waals surface area contributed by atoms with Crippen molar-refractivity contribution in [3.05, 3.63) is 57.6 Å². The highest BCUT2D eigenvalue weighted by molar-refractivity contribution is 9.10. The molecule has 2 aromatic rings. The van der Waals surface area contributed by atoms with Crippen molar-refractivity contribution in [2.75, 3.05) is 27.3 Å². The summed E-state index contributed by atoms with van der Waals surface area (Å²) in [4.78, 5) is 13.7. The van der Waals surface area contributed by atoms with Crippen LogP contribution in [0.25, 0.3) is 0 Å². The van der Waals surface area contributed by atoms with Gasteiger partial charge in [-0.3, -0.25) is 9.69 Å². The molecule has 3 rings (SSSR count). The van der Waals surface area contributed by atoms with E-state index in [0.717, 1.165) is 23.1 Å². The molecule has 2 aromatic carbocycles. The number of aryl methyl sites for hydroxylation is 1. The van der Waals surface area contributed by atoms with Crippen LogP contribution >= 0.6 is 15.9 Å². The Morgan fingerprint density at radius 1 is 1.11 bits per heavy atom. The molecule has 1 saturated heterocycles. The maximum Gasteiger partial charge on any atom is 0.306 e. The molecular weight excluding hydrogens is 422 g/mol. The minimum atomic E-state index is -0.696. The first kappa shape index (κ1) is 20.7. The Morgan fingerprint density at radius 2 is 1.68 bits per heavy atom. The lowest BCUT2D eigenvalue weighted by molar-refractivity contribution is -0.143. The zero-order valence-corrected chi connectivity index (χ0v) is 18.0. The molecule has 0 bridgehead atoms. The molecule has 1 heterocycles. The third kappa shape index (κ3) is 4.33. The summed E-state index contributed by atoms with van der Waals surface area (Å²) in [6.45, 7) is 3.54. The number of carboxylic acids is 1. The van der Waals surface area contributed by atoms with Crippen LogP contribution in [0.5, 0.6) is 11.5 Å². The largest absolute Gasteiger partial charge is 0.493 e. The smallest absolute Gasteiger partial charge is 0.306 e. The van der Waals surface area contributed by atoms with Crippen LogP contribution in [0.3, 0.4) is 0 Å². The van der Waals surface area contributed by atoms with Crippen molar-refractivity contribution < 1.29 is 19.4 Å². The number of ether oxygens (including phenoxy) is 2. The summed E-state index contributed by atoms with van der Waals surface area (Å²) in [5.74, 6) is 0.395. The molecule has 0 radical (unpaired) electrons. The van der Waals surface area contributed by atoms with Gasteiger partial charge in [0.05, 0.1) is 26.2 Å². The topological polar surface area (TPSA) is 59.0 Å². The van der Waals surface area contributed by atoms with E-state index in [1.165, 1.54) is 11.1 Å². The summed E-state index contributed by atoms with van der Waals surface area (Å²) in [6.07, 6.45) is 1.31. The minimum Gasteiger partial charge on any atom is -0.493 e. The van der Waals surface area contributed by atoms with Crippen molar-refractivity contribution >= 4 is 21.9 Å². The second-order valence-corrected chi connectivity index (χ2v) is 8.04. The van der Waals surface area contributed by atoms with E-state index in [9.17, 15) is 9.90 Å². The molecule has 0 aliphatic carbocycles. The lowest BCUT2D eigenvalue weighted by Gasteiger charge is -2.37. The summed E-state index contributed by atoms with van der Waals surface area (Å²) in [7, 11) is 3.26. The van der Waals surface area contributed by atoms with Gasteiger partial charge >= 0.3 is 5.97 Å². The molecule has 5 nitrogen and oxygen atoms in total. The molecule has 28 heavy (non-hydrogen) atoms. The fraction of sp³-hybridized carbons (Fsp3) is 0.409. The summed E-state index contributed by atoms with van der Waals surface area (Å²) >= 11 is 3.71. The number of likely N-dealkylation sites (tertiary alicyclic amines) is 1. The molecule has 0 aromatic heterocycles. The first-order valence-electron chi connectivity index (χ1n) is 9.39. The number of hydrogen-bond donors (Lipinski definition) is 1. The van der Waals surface area contributed by atoms with Crippen LogP contribution in [0, 0.1) is 12.8 Å². The predicted molar refractivity (Wildman–Crippen MR) is 112 cm³/mol. The third-order valence-electron chi connectivity index (χ3n) is 5.43. The van der Waals surface area contributed by atoms with Gasteiger partial charge in [0, 0.05) is 4.47 Å². The number of aliphatic carboxylic acids is 1. The van der Waals surface area contributed by atoms with Gasteiger partial charge < -0.3 is 14.6 Å². The van der Waals surface area contributed by atoms with Crippen molar-refractivity contribution in [2.24, 2.45) is 5.92 Å². The maximum absolute atomic E-state index is 11.4. The zero-order valence-electron chi connectivity index (χ0n) is 16.4. The van der Waals surface area contributed by atoms with Crippen LogP contribution in [0.1, 0.15) is 35.6 Å². The Hall–Kier alpha value is -2.05. The Kier molecular flexibility index (Phi) is 6.62. The van der Waals surface area contributed by atoms with Crippen LogP contribution in [0.2, 0.25) is 0 Å². The van der Waals surface area contributed by atoms with Gasteiger partial charge in [-0.15, -0.1) is 0 Å². The fourth-order valence-electron chi connectivity index (χ4n) is 3.82. The van der Waals surface area contributed by atoms with Gasteiger partial charge in [-0.05, 0) is 56.1 Å². The van der Waals surface area contributed by atoms with Gasteiger partial charge in [0.2, 0.25) is 0 Å². The van der Waals surface area contributed by atoms with E-state index >= 15 is 0 Å². The number of carbonyl (C=O) groups is 1. The third-order valence-corrected chi connectivity index (χ3v) is 6.12. The Bertz CT molecular complexity index is 829. The van der Waals surface area contributed by atoms with Crippen molar-refractivity contribution in [1.82, 2.24) is 4.90 Å². The number of carboxylic acid groups (broad SMARTS) is 1. The highest BCUT2D eigenvalue weighted by Gasteiger charge is 2.31. The van der Waals surface area contributed by atoms with E-state index in [4.69, 9.17) is 9.47 Å². The van der Waals surface area contributed by atoms with Gasteiger partial charge in [-0.2, -0.15) is 0 Å². The van der Waals surface area contributed by atoms with Gasteiger partial charge in [-0.1, -0.05) is 45.8 Å². The molecule has 1 aliphatic heterocycles. The standard InChI is InChI=1S/C22H26BrNO4/c1-14-4-6-15(7-5-14)21(24-10-8-16(9-11-24)22(25)26)17-12-19(27-2)20(28-3)13-18(17)23/h4-7,12-13,16,21H,8-11H2,1-3H3,(H,25,26). The van der Waals surface area contributed by atoms with Crippen molar-refractivity contribution in [1.29, 1.82) is 0 Å². The normalized spacial score (nSPS) is 16.6. The Labute approximate surface area is 174 Å². The van der Waals surface area contributed by atoms with Crippen molar-refractivity contribution in [2.45, 2.75) is 25.8 Å². The maximum atomic E-state index is 11.4. The highest BCUT2D eigenvalue weighted by atomic mass is 79.9. The number of hydrogen-bond acceptors (Lipinski definition) is 4. The Balaban J connectivity index is 2.02. The van der Waals surface area contributed by atoms with Gasteiger partial charge in [-0.25, -0.2) is 0 Å². The van der Waals surface area contributed by atoms with E-state index in [2.05, 4.69) is 52.0 Å². The molecule has 1 fully saturated rings. The molecule has 1 N–H and O–H groups in total. The number of benzene rings is 2. The molecule has 0 saturated carbocycles. The number of piperidine rings is 1. The molecule has 0 amide bonds. The number of nitrogens with zero attached hydrogens (tertiary/aromatic N) is 1. The quantitative estimate of drug-likeness (QED) is 0.697. The SMILES string of the molecule is COc1cc(Br)c(C(c2ccc(C)cc2)N2CCC(C(=O)O)CC2)cc1OC. The molecule has 6 heteroatoms. The van der Waals surface area contributed by atoms with Crippen LogP contribution in [-0.2, 0) is 4.79 Å². The lowest BCUT2D eigenvalue weighted by Crippen LogP contribution is -2.39. The van der Waals surface area contributed by atoms with Crippen molar-refractivity contribution in [3.8, 4) is 11.5 Å². The van der Waals surface area contributed by atoms with Crippen LogP contribution in [-0.4, -0.2) is 43.3 Å². The van der Waals surface area contributed by atoms with Gasteiger partial charge in [0.1, 0.15) is 0 Å². The number of halogens is 1. The molecule has 1 aliphatic rings. The first-order chi connectivity index (χ1) is 13.4. The van der Waals surface area contributed by atoms with E-state index in [0.29, 0.717) is 24.3 Å². The molecule has 1 unspecified atom stereocenters. The van der Waals surface area contributed by atoms with Gasteiger partial charge in [0.15, 0.2) is 11.5 Å². The summed E-state index contributed by atoms with van der Waals surface area (Å²) in [5.41, 5.74) is 3.46. The summed E-state index contributed by atoms with van der Waals surface area (Å²) < 4.78 is 11.9. The van der Waals surface area contributed by atoms with E-state index in [-0.39, 0.29) is 12.0 Å². The molecule has 0 spiro atoms. The molecule has 150 valence electrons. The summed E-state index contributed by atoms with van der Waals surface area (Å²) in [5, 5.41) is 9.34. The fourth-order valence-corrected chi connectivity index (χ4v) is 4.36. The second kappa shape index (κ2) is 8.97. The van der Waals surface area contributed by atoms with Crippen LogP contribution in [0.4, 0.5) is 0 Å². The van der Waals surface area contributed by atoms with E-state index in [1.807, 2.05) is 12.1 Å². The zero-order chi connectivity index (χ0) is 20.3. The first-order valence-corrected chi connectivity index (χ1v) is 10.2. The highest BCUT2D eigenvalue weighted by Crippen LogP contribution is 2.41. The van der Waals surface area contributed by atoms with Crippen LogP contribution in [0.15, 0.2) is 40.9 Å². The van der Waals surface area contributed by atoms with E-state index < -0.39 is 5.97 Å². The summed E-state index contributed by atoms with van der Waals surface area (Å²) in [6, 6.07) is 12.5. The minimum absolute atomic E-state index is 0.00419. The number of methoxy groups -OCH3 is 2. The monoisotopic (exact) mass is 447 g/mol. The van der Waals surface area contributed by atoms with Gasteiger partial charge in [0.25, 0.3) is 0 Å². The molecular formula is C22H26BrNO4. The average molecular weight is 448 g/mol. The lowest BCUT2D eigenvalue weighted by atomic mass is 9.91. The average Bonchev–Trinajstić information content (AvgIpc) is 2.70. The predicted octanol–water partition coefficient (Wildman–Crippen LogP) is 4.66.